The Hall–Kier alpha value is -6.62. The lowest BCUT2D eigenvalue weighted by molar-refractivity contribution is -0.134. The van der Waals surface area contributed by atoms with Gasteiger partial charge < -0.3 is 20.4 Å². The lowest BCUT2D eigenvalue weighted by atomic mass is 9.87. The van der Waals surface area contributed by atoms with Crippen LogP contribution in [0.2, 0.25) is 0 Å². The fourth-order valence-corrected chi connectivity index (χ4v) is 7.98. The summed E-state index contributed by atoms with van der Waals surface area (Å²) in [7, 11) is -3.31. The highest BCUT2D eigenvalue weighted by Gasteiger charge is 2.36. The average Bonchev–Trinajstić information content (AvgIpc) is 3.73. The molecule has 17 heteroatoms. The second kappa shape index (κ2) is 14.6. The lowest BCUT2D eigenvalue weighted by Crippen LogP contribution is -2.49. The van der Waals surface area contributed by atoms with Crippen LogP contribution in [0.15, 0.2) is 83.8 Å². The zero-order valence-electron chi connectivity index (χ0n) is 30.2. The van der Waals surface area contributed by atoms with Gasteiger partial charge in [-0.3, -0.25) is 34.6 Å². The highest BCUT2D eigenvalue weighted by Crippen LogP contribution is 2.36. The van der Waals surface area contributed by atoms with Crippen molar-refractivity contribution in [2.24, 2.45) is 0 Å². The van der Waals surface area contributed by atoms with Crippen LogP contribution >= 0.6 is 0 Å². The molecule has 4 N–H and O–H groups in total. The second-order valence-corrected chi connectivity index (χ2v) is 15.9. The van der Waals surface area contributed by atoms with Crippen molar-refractivity contribution in [2.45, 2.75) is 30.1 Å². The van der Waals surface area contributed by atoms with E-state index in [4.69, 9.17) is 0 Å². The van der Waals surface area contributed by atoms with E-state index in [0.717, 1.165) is 22.6 Å². The minimum Gasteiger partial charge on any atom is -0.384 e. The topological polar surface area (TPSA) is 204 Å². The fraction of sp³-hybridized carbons (Fsp3) is 0.256. The van der Waals surface area contributed by atoms with Crippen LogP contribution < -0.4 is 26.2 Å². The van der Waals surface area contributed by atoms with Gasteiger partial charge in [0.15, 0.2) is 15.5 Å². The number of sulfone groups is 1. The highest BCUT2D eigenvalue weighted by atomic mass is 32.2. The summed E-state index contributed by atoms with van der Waals surface area (Å²) in [4.78, 5) is 71.7. The SMILES string of the molecule is CS(=O)(=O)c1ccc(-c2cccc3nc(Nc4ccc(N5CCN(C(=O)CCNc6c(C7CCC(=O)NC7=O)ccc7c6C(=O)NC7=O)CC5)cc4)nn23)cc1. The number of rotatable bonds is 10. The molecule has 3 aromatic carbocycles. The molecule has 2 saturated heterocycles. The van der Waals surface area contributed by atoms with Gasteiger partial charge in [0.25, 0.3) is 11.8 Å². The van der Waals surface area contributed by atoms with E-state index in [0.29, 0.717) is 49.0 Å². The average molecular weight is 776 g/mol. The van der Waals surface area contributed by atoms with Crippen molar-refractivity contribution in [1.82, 2.24) is 30.1 Å². The van der Waals surface area contributed by atoms with E-state index in [1.807, 2.05) is 42.5 Å². The van der Waals surface area contributed by atoms with Gasteiger partial charge in [-0.05, 0) is 66.6 Å². The molecule has 0 radical (unpaired) electrons. The number of piperidine rings is 1. The molecule has 8 rings (SSSR count). The van der Waals surface area contributed by atoms with Crippen molar-refractivity contribution in [1.29, 1.82) is 0 Å². The number of nitrogens with zero attached hydrogens (tertiary/aromatic N) is 5. The minimum absolute atomic E-state index is 0.0682. The maximum absolute atomic E-state index is 13.3. The number of piperazine rings is 1. The van der Waals surface area contributed by atoms with Gasteiger partial charge in [0.05, 0.1) is 33.3 Å². The molecule has 0 aliphatic carbocycles. The largest absolute Gasteiger partial charge is 0.384 e. The fourth-order valence-electron chi connectivity index (χ4n) is 7.35. The van der Waals surface area contributed by atoms with E-state index in [1.165, 1.54) is 12.3 Å². The number of aromatic nitrogens is 3. The predicted molar refractivity (Wildman–Crippen MR) is 207 cm³/mol. The molecule has 0 saturated carbocycles. The zero-order valence-corrected chi connectivity index (χ0v) is 31.1. The highest BCUT2D eigenvalue weighted by molar-refractivity contribution is 7.90. The Morgan fingerprint density at radius 2 is 1.62 bits per heavy atom. The van der Waals surface area contributed by atoms with Gasteiger partial charge >= 0.3 is 0 Å². The number of benzene rings is 3. The van der Waals surface area contributed by atoms with E-state index in [1.54, 1.807) is 39.7 Å². The minimum atomic E-state index is -3.31. The summed E-state index contributed by atoms with van der Waals surface area (Å²) in [6, 6.07) is 23.2. The zero-order chi connectivity index (χ0) is 39.1. The lowest BCUT2D eigenvalue weighted by Gasteiger charge is -2.36. The molecule has 3 aliphatic heterocycles. The molecule has 16 nitrogen and oxygen atoms in total. The van der Waals surface area contributed by atoms with Crippen molar-refractivity contribution in [3.63, 3.8) is 0 Å². The maximum Gasteiger partial charge on any atom is 0.261 e. The van der Waals surface area contributed by atoms with Crippen molar-refractivity contribution >= 4 is 68.0 Å². The predicted octanol–water partition coefficient (Wildman–Crippen LogP) is 3.10. The van der Waals surface area contributed by atoms with Gasteiger partial charge in [0.2, 0.25) is 23.7 Å². The van der Waals surface area contributed by atoms with Gasteiger partial charge in [-0.1, -0.05) is 24.3 Å². The molecule has 2 aromatic heterocycles. The summed E-state index contributed by atoms with van der Waals surface area (Å²) >= 11 is 0. The Morgan fingerprint density at radius 1 is 0.875 bits per heavy atom. The summed E-state index contributed by atoms with van der Waals surface area (Å²) in [5, 5.41) is 15.7. The first-order chi connectivity index (χ1) is 26.9. The van der Waals surface area contributed by atoms with Crippen LogP contribution in [0.4, 0.5) is 23.0 Å². The number of imide groups is 2. The van der Waals surface area contributed by atoms with Gasteiger partial charge in [0, 0.05) is 68.8 Å². The van der Waals surface area contributed by atoms with E-state index in [9.17, 15) is 32.4 Å². The first kappa shape index (κ1) is 36.4. The van der Waals surface area contributed by atoms with Crippen molar-refractivity contribution in [3.05, 3.63) is 95.6 Å². The molecule has 1 unspecified atom stereocenters. The Balaban J connectivity index is 0.866. The number of fused-ring (bicyclic) bond motifs is 2. The second-order valence-electron chi connectivity index (χ2n) is 13.9. The summed E-state index contributed by atoms with van der Waals surface area (Å²) in [5.74, 6) is -2.28. The Kier molecular flexibility index (Phi) is 9.45. The standard InChI is InChI=1S/C39H37N9O7S/c1-56(54,55)26-11-5-23(6-12-26)30-3-2-4-31-42-39(45-48(30)31)41-24-7-9-25(10-8-24)46-19-21-47(22-20-46)33(50)17-18-40-35-27(28-15-16-32(49)43-36(28)51)13-14-29-34(35)38(53)44-37(29)52/h2-14,28,40H,15-22H2,1H3,(H,41,45)(H,43,49,51)(H,44,52,53). The van der Waals surface area contributed by atoms with Crippen LogP contribution in [0.5, 0.6) is 0 Å². The number of hydrogen-bond donors (Lipinski definition) is 4. The van der Waals surface area contributed by atoms with Crippen LogP contribution in [0.25, 0.3) is 16.9 Å². The monoisotopic (exact) mass is 775 g/mol. The number of amides is 5. The first-order valence-electron chi connectivity index (χ1n) is 18.1. The molecule has 5 heterocycles. The molecular weight excluding hydrogens is 739 g/mol. The number of anilines is 4. The molecule has 2 fully saturated rings. The number of pyridine rings is 1. The first-order valence-corrected chi connectivity index (χ1v) is 20.0. The third-order valence-electron chi connectivity index (χ3n) is 10.3. The maximum atomic E-state index is 13.3. The summed E-state index contributed by atoms with van der Waals surface area (Å²) in [5.41, 5.74) is 5.14. The summed E-state index contributed by atoms with van der Waals surface area (Å²) < 4.78 is 25.5. The van der Waals surface area contributed by atoms with Gasteiger partial charge in [-0.15, -0.1) is 5.10 Å². The van der Waals surface area contributed by atoms with Crippen molar-refractivity contribution in [3.8, 4) is 11.3 Å². The number of nitrogens with one attached hydrogen (secondary N) is 4. The number of carbonyl (C=O) groups excluding carboxylic acids is 5. The molecule has 286 valence electrons. The molecule has 0 bridgehead atoms. The molecular formula is C39H37N9O7S. The van der Waals surface area contributed by atoms with Crippen LogP contribution in [-0.2, 0) is 24.2 Å². The van der Waals surface area contributed by atoms with Crippen molar-refractivity contribution < 1.29 is 32.4 Å². The molecule has 5 amide bonds. The van der Waals surface area contributed by atoms with E-state index < -0.39 is 33.5 Å². The smallest absolute Gasteiger partial charge is 0.261 e. The summed E-state index contributed by atoms with van der Waals surface area (Å²) in [6.07, 6.45) is 1.72. The van der Waals surface area contributed by atoms with Crippen molar-refractivity contribution in [2.75, 3.05) is 54.5 Å². The number of carbonyl (C=O) groups is 5. The van der Waals surface area contributed by atoms with Gasteiger partial charge in [0.1, 0.15) is 0 Å². The Labute approximate surface area is 321 Å². The van der Waals surface area contributed by atoms with Crippen LogP contribution in [0, 0.1) is 0 Å². The third-order valence-corrected chi connectivity index (χ3v) is 11.4. The molecule has 3 aliphatic rings. The quantitative estimate of drug-likeness (QED) is 0.151. The van der Waals surface area contributed by atoms with Crippen LogP contribution in [0.3, 0.4) is 0 Å². The van der Waals surface area contributed by atoms with E-state index >= 15 is 0 Å². The van der Waals surface area contributed by atoms with E-state index in [2.05, 4.69) is 36.2 Å². The Bertz CT molecular complexity index is 2530. The molecule has 56 heavy (non-hydrogen) atoms. The Morgan fingerprint density at radius 3 is 2.34 bits per heavy atom. The molecule has 0 spiro atoms. The number of hydrogen-bond acceptors (Lipinski definition) is 12. The third kappa shape index (κ3) is 7.15. The van der Waals surface area contributed by atoms with Gasteiger partial charge in [-0.2, -0.15) is 4.98 Å². The molecule has 5 aromatic rings. The van der Waals surface area contributed by atoms with Gasteiger partial charge in [-0.25, -0.2) is 12.9 Å². The van der Waals surface area contributed by atoms with E-state index in [-0.39, 0.29) is 53.6 Å². The molecule has 1 atom stereocenters. The summed E-state index contributed by atoms with van der Waals surface area (Å²) in [6.45, 7) is 2.46. The van der Waals surface area contributed by atoms with Crippen LogP contribution in [0.1, 0.15) is 51.5 Å². The van der Waals surface area contributed by atoms with Crippen LogP contribution in [-0.4, -0.2) is 96.4 Å². The normalized spacial score (nSPS) is 17.1.